The molecule has 1 fully saturated rings. The van der Waals surface area contributed by atoms with E-state index in [9.17, 15) is 0 Å². The molecular formula is C13H21NS. The molecule has 84 valence electrons. The van der Waals surface area contributed by atoms with Crippen LogP contribution in [-0.4, -0.2) is 19.3 Å². The lowest BCUT2D eigenvalue weighted by Crippen LogP contribution is -2.29. The highest BCUT2D eigenvalue weighted by Crippen LogP contribution is 2.19. The van der Waals surface area contributed by atoms with Gasteiger partial charge in [0.05, 0.1) is 0 Å². The van der Waals surface area contributed by atoms with E-state index in [4.69, 9.17) is 0 Å². The van der Waals surface area contributed by atoms with Gasteiger partial charge in [-0.05, 0) is 44.6 Å². The summed E-state index contributed by atoms with van der Waals surface area (Å²) in [5.41, 5.74) is 2.74. The van der Waals surface area contributed by atoms with Crippen molar-refractivity contribution >= 4 is 18.3 Å². The van der Waals surface area contributed by atoms with Crippen LogP contribution in [0, 0.1) is 6.92 Å². The van der Waals surface area contributed by atoms with Crippen LogP contribution in [0.3, 0.4) is 0 Å². The number of piperidine rings is 1. The molecular weight excluding hydrogens is 202 g/mol. The molecule has 0 atom stereocenters. The van der Waals surface area contributed by atoms with Gasteiger partial charge in [-0.2, -0.15) is 12.6 Å². The van der Waals surface area contributed by atoms with Crippen molar-refractivity contribution in [3.8, 4) is 0 Å². The molecule has 1 nitrogen and oxygen atoms in total. The van der Waals surface area contributed by atoms with Crippen molar-refractivity contribution in [3.63, 3.8) is 0 Å². The van der Waals surface area contributed by atoms with Gasteiger partial charge >= 0.3 is 0 Å². The van der Waals surface area contributed by atoms with Gasteiger partial charge in [0.15, 0.2) is 0 Å². The van der Waals surface area contributed by atoms with Crippen LogP contribution in [0.2, 0.25) is 0 Å². The van der Waals surface area contributed by atoms with Gasteiger partial charge in [0.25, 0.3) is 0 Å². The van der Waals surface area contributed by atoms with Crippen molar-refractivity contribution in [2.75, 3.05) is 24.2 Å². The second-order valence-corrected chi connectivity index (χ2v) is 3.88. The molecule has 1 aliphatic heterocycles. The highest BCUT2D eigenvalue weighted by atomic mass is 32.1. The zero-order chi connectivity index (χ0) is 11.1. The van der Waals surface area contributed by atoms with Crippen molar-refractivity contribution in [2.24, 2.45) is 0 Å². The summed E-state index contributed by atoms with van der Waals surface area (Å²) in [7, 11) is 0. The zero-order valence-electron chi connectivity index (χ0n) is 9.74. The monoisotopic (exact) mass is 223 g/mol. The Hall–Kier alpha value is -0.630. The maximum absolute atomic E-state index is 3.53. The first kappa shape index (κ1) is 12.4. The summed E-state index contributed by atoms with van der Waals surface area (Å²) in [4.78, 5) is 2.49. The first-order chi connectivity index (χ1) is 7.36. The summed E-state index contributed by atoms with van der Waals surface area (Å²) in [6.07, 6.45) is 5.81. The average molecular weight is 223 g/mol. The first-order valence-electron chi connectivity index (χ1n) is 5.62. The van der Waals surface area contributed by atoms with Crippen molar-refractivity contribution < 1.29 is 0 Å². The molecule has 0 saturated carbocycles. The fraction of sp³-hybridized carbons (Fsp3) is 0.538. The van der Waals surface area contributed by atoms with E-state index in [0.29, 0.717) is 0 Å². The van der Waals surface area contributed by atoms with Crippen molar-refractivity contribution in [2.45, 2.75) is 26.2 Å². The molecule has 1 heterocycles. The number of aryl methyl sites for hydroxylation is 1. The molecule has 0 unspecified atom stereocenters. The molecule has 2 rings (SSSR count). The fourth-order valence-electron chi connectivity index (χ4n) is 1.91. The van der Waals surface area contributed by atoms with Crippen LogP contribution in [0.4, 0.5) is 5.69 Å². The van der Waals surface area contributed by atoms with Gasteiger partial charge in [0, 0.05) is 18.8 Å². The lowest BCUT2D eigenvalue weighted by molar-refractivity contribution is 0.578. The quantitative estimate of drug-likeness (QED) is 0.713. The first-order valence-corrected chi connectivity index (χ1v) is 6.52. The van der Waals surface area contributed by atoms with Gasteiger partial charge in [-0.15, -0.1) is 0 Å². The number of rotatable bonds is 1. The summed E-state index contributed by atoms with van der Waals surface area (Å²) in [6, 6.07) is 8.87. The highest BCUT2D eigenvalue weighted by molar-refractivity contribution is 7.79. The van der Waals surface area contributed by atoms with E-state index in [0.717, 1.165) is 0 Å². The molecule has 0 radical (unpaired) electrons. The molecule has 0 bridgehead atoms. The molecule has 0 aliphatic carbocycles. The number of nitrogens with zero attached hydrogens (tertiary/aromatic N) is 1. The molecule has 1 saturated heterocycles. The number of hydrogen-bond donors (Lipinski definition) is 1. The van der Waals surface area contributed by atoms with Crippen LogP contribution < -0.4 is 4.90 Å². The number of thiol groups is 1. The third-order valence-electron chi connectivity index (χ3n) is 2.76. The van der Waals surface area contributed by atoms with Crippen LogP contribution in [0.5, 0.6) is 0 Å². The Morgan fingerprint density at radius 3 is 2.00 bits per heavy atom. The average Bonchev–Trinajstić information content (AvgIpc) is 2.34. The molecule has 0 N–H and O–H groups in total. The fourth-order valence-corrected chi connectivity index (χ4v) is 1.91. The molecule has 15 heavy (non-hydrogen) atoms. The van der Waals surface area contributed by atoms with E-state index in [1.807, 2.05) is 0 Å². The van der Waals surface area contributed by atoms with Crippen LogP contribution in [0.15, 0.2) is 24.3 Å². The van der Waals surface area contributed by atoms with Crippen molar-refractivity contribution in [1.29, 1.82) is 0 Å². The van der Waals surface area contributed by atoms with E-state index >= 15 is 0 Å². The second kappa shape index (κ2) is 6.78. The Kier molecular flexibility index (Phi) is 5.62. The van der Waals surface area contributed by atoms with Crippen molar-refractivity contribution in [3.05, 3.63) is 29.8 Å². The lowest BCUT2D eigenvalue weighted by Gasteiger charge is -2.28. The summed E-state index contributed by atoms with van der Waals surface area (Å²) in [5, 5.41) is 0. The summed E-state index contributed by atoms with van der Waals surface area (Å²) >= 11 is 3.53. The van der Waals surface area contributed by atoms with E-state index in [2.05, 4.69) is 48.7 Å². The number of hydrogen-bond acceptors (Lipinski definition) is 2. The maximum atomic E-state index is 3.53. The third kappa shape index (κ3) is 3.78. The zero-order valence-corrected chi connectivity index (χ0v) is 10.6. The van der Waals surface area contributed by atoms with E-state index in [1.165, 1.54) is 43.6 Å². The Morgan fingerprint density at radius 2 is 1.47 bits per heavy atom. The minimum atomic E-state index is 1.24. The molecule has 0 amide bonds. The Labute approximate surface area is 98.9 Å². The van der Waals surface area contributed by atoms with Crippen LogP contribution >= 0.6 is 12.6 Å². The van der Waals surface area contributed by atoms with Gasteiger partial charge in [-0.3, -0.25) is 0 Å². The smallest absolute Gasteiger partial charge is 0.0366 e. The summed E-state index contributed by atoms with van der Waals surface area (Å²) < 4.78 is 0. The molecule has 2 heteroatoms. The molecule has 1 aromatic carbocycles. The molecule has 0 aromatic heterocycles. The molecule has 0 spiro atoms. The van der Waals surface area contributed by atoms with Crippen molar-refractivity contribution in [1.82, 2.24) is 0 Å². The van der Waals surface area contributed by atoms with E-state index in [-0.39, 0.29) is 0 Å². The summed E-state index contributed by atoms with van der Waals surface area (Å²) in [5.74, 6) is 0. The van der Waals surface area contributed by atoms with Crippen LogP contribution in [0.1, 0.15) is 24.8 Å². The van der Waals surface area contributed by atoms with Gasteiger partial charge in [0.1, 0.15) is 0 Å². The second-order valence-electron chi connectivity index (χ2n) is 3.88. The summed E-state index contributed by atoms with van der Waals surface area (Å²) in [6.45, 7) is 4.62. The topological polar surface area (TPSA) is 3.24 Å². The Bertz CT molecular complexity index is 262. The van der Waals surface area contributed by atoms with E-state index in [1.54, 1.807) is 6.26 Å². The SMILES string of the molecule is CS.Cc1ccc(N2CCCCC2)cc1. The molecule has 1 aromatic rings. The maximum Gasteiger partial charge on any atom is 0.0366 e. The third-order valence-corrected chi connectivity index (χ3v) is 2.76. The number of anilines is 1. The van der Waals surface area contributed by atoms with Gasteiger partial charge < -0.3 is 4.90 Å². The minimum Gasteiger partial charge on any atom is -0.372 e. The largest absolute Gasteiger partial charge is 0.372 e. The minimum absolute atomic E-state index is 1.24. The van der Waals surface area contributed by atoms with Crippen LogP contribution in [-0.2, 0) is 0 Å². The van der Waals surface area contributed by atoms with Crippen LogP contribution in [0.25, 0.3) is 0 Å². The standard InChI is InChI=1S/C12H17N.CH4S/c1-11-5-7-12(8-6-11)13-9-3-2-4-10-13;1-2/h5-8H,2-4,9-10H2,1H3;2H,1H3. The Balaban J connectivity index is 0.000000531. The van der Waals surface area contributed by atoms with E-state index < -0.39 is 0 Å². The highest BCUT2D eigenvalue weighted by Gasteiger charge is 2.09. The normalized spacial score (nSPS) is 15.5. The van der Waals surface area contributed by atoms with Gasteiger partial charge in [-0.1, -0.05) is 17.7 Å². The Morgan fingerprint density at radius 1 is 0.933 bits per heavy atom. The predicted molar refractivity (Wildman–Crippen MR) is 72.2 cm³/mol. The molecule has 1 aliphatic rings. The predicted octanol–water partition coefficient (Wildman–Crippen LogP) is 3.53. The van der Waals surface area contributed by atoms with Gasteiger partial charge in [-0.25, -0.2) is 0 Å². The number of benzene rings is 1. The lowest BCUT2D eigenvalue weighted by atomic mass is 10.1. The van der Waals surface area contributed by atoms with Gasteiger partial charge in [0.2, 0.25) is 0 Å².